The smallest absolute Gasteiger partial charge is 0.253 e. The number of rotatable bonds is 4. The number of halogens is 1. The molecule has 0 bridgehead atoms. The Morgan fingerprint density at radius 1 is 0.952 bits per heavy atom. The highest BCUT2D eigenvalue weighted by molar-refractivity contribution is 6.33. The van der Waals surface area contributed by atoms with Crippen LogP contribution in [0.4, 0.5) is 0 Å². The minimum absolute atomic E-state index is 0.0602. The first-order valence-electron chi connectivity index (χ1n) is 7.14. The molecule has 2 aromatic carbocycles. The maximum Gasteiger partial charge on any atom is 0.253 e. The SMILES string of the molecule is CC(C)c1ccc(C(C)NC(=O)c2ccccc2Cl)cc1. The minimum Gasteiger partial charge on any atom is -0.345 e. The van der Waals surface area contributed by atoms with Gasteiger partial charge in [0, 0.05) is 0 Å². The van der Waals surface area contributed by atoms with Crippen LogP contribution in [0, 0.1) is 0 Å². The lowest BCUT2D eigenvalue weighted by atomic mass is 9.99. The molecule has 0 saturated heterocycles. The van der Waals surface area contributed by atoms with Crippen molar-refractivity contribution < 1.29 is 4.79 Å². The molecule has 2 nitrogen and oxygen atoms in total. The van der Waals surface area contributed by atoms with E-state index in [0.29, 0.717) is 16.5 Å². The van der Waals surface area contributed by atoms with Crippen molar-refractivity contribution in [2.75, 3.05) is 0 Å². The number of carbonyl (C=O) groups excluding carboxylic acids is 1. The predicted octanol–water partition coefficient (Wildman–Crippen LogP) is 4.95. The van der Waals surface area contributed by atoms with E-state index in [1.165, 1.54) is 5.56 Å². The minimum atomic E-state index is -0.152. The molecule has 21 heavy (non-hydrogen) atoms. The van der Waals surface area contributed by atoms with Crippen LogP contribution >= 0.6 is 11.6 Å². The Kier molecular flexibility index (Phi) is 5.03. The topological polar surface area (TPSA) is 29.1 Å². The summed E-state index contributed by atoms with van der Waals surface area (Å²) in [7, 11) is 0. The molecular weight excluding hydrogens is 282 g/mol. The van der Waals surface area contributed by atoms with Gasteiger partial charge in [-0.2, -0.15) is 0 Å². The average molecular weight is 302 g/mol. The fourth-order valence-corrected chi connectivity index (χ4v) is 2.39. The molecule has 0 aliphatic carbocycles. The van der Waals surface area contributed by atoms with Gasteiger partial charge in [0.2, 0.25) is 0 Å². The highest BCUT2D eigenvalue weighted by atomic mass is 35.5. The van der Waals surface area contributed by atoms with Crippen LogP contribution in [-0.2, 0) is 0 Å². The second-order valence-corrected chi connectivity index (χ2v) is 5.90. The number of hydrogen-bond acceptors (Lipinski definition) is 1. The van der Waals surface area contributed by atoms with Crippen molar-refractivity contribution in [1.29, 1.82) is 0 Å². The third-order valence-corrected chi connectivity index (χ3v) is 3.90. The molecule has 1 N–H and O–H groups in total. The zero-order valence-corrected chi connectivity index (χ0v) is 13.3. The maximum absolute atomic E-state index is 12.2. The Hall–Kier alpha value is -1.80. The van der Waals surface area contributed by atoms with Crippen molar-refractivity contribution in [3.63, 3.8) is 0 Å². The van der Waals surface area contributed by atoms with E-state index in [4.69, 9.17) is 11.6 Å². The maximum atomic E-state index is 12.2. The summed E-state index contributed by atoms with van der Waals surface area (Å²) in [5, 5.41) is 3.45. The molecule has 110 valence electrons. The summed E-state index contributed by atoms with van der Waals surface area (Å²) in [6.45, 7) is 6.30. The van der Waals surface area contributed by atoms with Crippen molar-refractivity contribution in [3.8, 4) is 0 Å². The van der Waals surface area contributed by atoms with Gasteiger partial charge in [0.15, 0.2) is 0 Å². The summed E-state index contributed by atoms with van der Waals surface area (Å²) in [4.78, 5) is 12.2. The molecule has 2 aromatic rings. The van der Waals surface area contributed by atoms with Gasteiger partial charge in [0.25, 0.3) is 5.91 Å². The molecule has 0 fully saturated rings. The summed E-state index contributed by atoms with van der Waals surface area (Å²) < 4.78 is 0. The lowest BCUT2D eigenvalue weighted by molar-refractivity contribution is 0.0940. The Labute approximate surface area is 131 Å². The molecule has 0 saturated carbocycles. The van der Waals surface area contributed by atoms with Gasteiger partial charge in [0.05, 0.1) is 16.6 Å². The first kappa shape index (κ1) is 15.6. The largest absolute Gasteiger partial charge is 0.345 e. The van der Waals surface area contributed by atoms with Gasteiger partial charge in [-0.25, -0.2) is 0 Å². The van der Waals surface area contributed by atoms with E-state index in [1.807, 2.05) is 19.1 Å². The van der Waals surface area contributed by atoms with E-state index in [1.54, 1.807) is 12.1 Å². The van der Waals surface area contributed by atoms with Crippen LogP contribution in [0.25, 0.3) is 0 Å². The molecule has 0 aliphatic rings. The fraction of sp³-hybridized carbons (Fsp3) is 0.278. The van der Waals surface area contributed by atoms with Crippen LogP contribution in [0.3, 0.4) is 0 Å². The van der Waals surface area contributed by atoms with Gasteiger partial charge in [-0.3, -0.25) is 4.79 Å². The van der Waals surface area contributed by atoms with Crippen molar-refractivity contribution in [3.05, 3.63) is 70.2 Å². The van der Waals surface area contributed by atoms with E-state index < -0.39 is 0 Å². The Morgan fingerprint density at radius 2 is 1.52 bits per heavy atom. The quantitative estimate of drug-likeness (QED) is 0.850. The highest BCUT2D eigenvalue weighted by Crippen LogP contribution is 2.20. The number of benzene rings is 2. The molecule has 0 radical (unpaired) electrons. The highest BCUT2D eigenvalue weighted by Gasteiger charge is 2.13. The van der Waals surface area contributed by atoms with Crippen molar-refractivity contribution >= 4 is 17.5 Å². The van der Waals surface area contributed by atoms with Gasteiger partial charge in [-0.05, 0) is 36.1 Å². The first-order chi connectivity index (χ1) is 9.99. The molecule has 3 heteroatoms. The lowest BCUT2D eigenvalue weighted by Crippen LogP contribution is -2.26. The van der Waals surface area contributed by atoms with Crippen LogP contribution in [0.15, 0.2) is 48.5 Å². The standard InChI is InChI=1S/C18H20ClNO/c1-12(2)14-8-10-15(11-9-14)13(3)20-18(21)16-6-4-5-7-17(16)19/h4-13H,1-3H3,(H,20,21). The second kappa shape index (κ2) is 6.77. The molecule has 2 rings (SSSR count). The lowest BCUT2D eigenvalue weighted by Gasteiger charge is -2.16. The Balaban J connectivity index is 2.09. The molecule has 1 atom stereocenters. The summed E-state index contributed by atoms with van der Waals surface area (Å²) in [6, 6.07) is 15.4. The normalized spacial score (nSPS) is 12.2. The molecule has 0 aliphatic heterocycles. The summed E-state index contributed by atoms with van der Waals surface area (Å²) in [6.07, 6.45) is 0. The Bertz CT molecular complexity index is 619. The van der Waals surface area contributed by atoms with Crippen LogP contribution in [0.2, 0.25) is 5.02 Å². The van der Waals surface area contributed by atoms with E-state index >= 15 is 0 Å². The van der Waals surface area contributed by atoms with Crippen molar-refractivity contribution in [1.82, 2.24) is 5.32 Å². The van der Waals surface area contributed by atoms with E-state index in [2.05, 4.69) is 43.4 Å². The summed E-state index contributed by atoms with van der Waals surface area (Å²) in [5.41, 5.74) is 2.88. The molecular formula is C18H20ClNO. The number of amides is 1. The van der Waals surface area contributed by atoms with Crippen LogP contribution in [-0.4, -0.2) is 5.91 Å². The van der Waals surface area contributed by atoms with E-state index in [0.717, 1.165) is 5.56 Å². The molecule has 1 amide bonds. The van der Waals surface area contributed by atoms with Gasteiger partial charge < -0.3 is 5.32 Å². The van der Waals surface area contributed by atoms with Crippen LogP contribution in [0.5, 0.6) is 0 Å². The predicted molar refractivity (Wildman–Crippen MR) is 87.9 cm³/mol. The Morgan fingerprint density at radius 3 is 2.10 bits per heavy atom. The third kappa shape index (κ3) is 3.85. The van der Waals surface area contributed by atoms with E-state index in [9.17, 15) is 4.79 Å². The summed E-state index contributed by atoms with van der Waals surface area (Å²) in [5.74, 6) is 0.355. The van der Waals surface area contributed by atoms with Gasteiger partial charge in [-0.1, -0.05) is 61.8 Å². The monoisotopic (exact) mass is 301 g/mol. The fourth-order valence-electron chi connectivity index (χ4n) is 2.17. The second-order valence-electron chi connectivity index (χ2n) is 5.50. The van der Waals surface area contributed by atoms with Crippen molar-refractivity contribution in [2.45, 2.75) is 32.7 Å². The van der Waals surface area contributed by atoms with Gasteiger partial charge >= 0.3 is 0 Å². The number of nitrogens with one attached hydrogen (secondary N) is 1. The van der Waals surface area contributed by atoms with Crippen LogP contribution < -0.4 is 5.32 Å². The van der Waals surface area contributed by atoms with Crippen LogP contribution in [0.1, 0.15) is 54.2 Å². The zero-order valence-electron chi connectivity index (χ0n) is 12.6. The molecule has 0 aromatic heterocycles. The third-order valence-electron chi connectivity index (χ3n) is 3.57. The van der Waals surface area contributed by atoms with Gasteiger partial charge in [-0.15, -0.1) is 0 Å². The number of hydrogen-bond donors (Lipinski definition) is 1. The first-order valence-corrected chi connectivity index (χ1v) is 7.52. The van der Waals surface area contributed by atoms with E-state index in [-0.39, 0.29) is 11.9 Å². The molecule has 0 spiro atoms. The van der Waals surface area contributed by atoms with Crippen molar-refractivity contribution in [2.24, 2.45) is 0 Å². The average Bonchev–Trinajstić information content (AvgIpc) is 2.47. The molecule has 1 unspecified atom stereocenters. The zero-order chi connectivity index (χ0) is 15.4. The molecule has 0 heterocycles. The summed E-state index contributed by atoms with van der Waals surface area (Å²) >= 11 is 6.04. The van der Waals surface area contributed by atoms with Gasteiger partial charge in [0.1, 0.15) is 0 Å². The number of carbonyl (C=O) groups is 1.